The van der Waals surface area contributed by atoms with Gasteiger partial charge in [0.2, 0.25) is 0 Å². The molecule has 0 aromatic carbocycles. The van der Waals surface area contributed by atoms with Crippen molar-refractivity contribution in [1.29, 1.82) is 0 Å². The lowest BCUT2D eigenvalue weighted by Crippen LogP contribution is -2.34. The number of nitrogens with zero attached hydrogens (tertiary/aromatic N) is 3. The van der Waals surface area contributed by atoms with Crippen LogP contribution in [0.3, 0.4) is 0 Å². The first kappa shape index (κ1) is 16.1. The Labute approximate surface area is 150 Å². The van der Waals surface area contributed by atoms with E-state index in [0.717, 1.165) is 41.8 Å². The van der Waals surface area contributed by atoms with Crippen molar-refractivity contribution in [3.8, 4) is 0 Å². The highest BCUT2D eigenvalue weighted by Gasteiger charge is 2.29. The normalized spacial score (nSPS) is 17.4. The molecule has 6 nitrogen and oxygen atoms in total. The Kier molecular flexibility index (Phi) is 3.76. The lowest BCUT2D eigenvalue weighted by molar-refractivity contribution is 0.100. The second-order valence-electron chi connectivity index (χ2n) is 6.85. The number of aliphatic imine (C=N–C) groups is 1. The van der Waals surface area contributed by atoms with Crippen LogP contribution in [0.2, 0.25) is 0 Å². The number of carbonyl (C=O) groups is 1. The first-order valence-corrected chi connectivity index (χ1v) is 9.25. The molecule has 0 radical (unpaired) electrons. The Morgan fingerprint density at radius 1 is 1.36 bits per heavy atom. The minimum atomic E-state index is -0.488. The van der Waals surface area contributed by atoms with E-state index in [9.17, 15) is 4.79 Å². The zero-order valence-corrected chi connectivity index (χ0v) is 15.2. The van der Waals surface area contributed by atoms with Gasteiger partial charge in [-0.15, -0.1) is 11.3 Å². The van der Waals surface area contributed by atoms with Gasteiger partial charge in [0, 0.05) is 30.4 Å². The SMILES string of the molecule is CC(C)C1=NCC2=C1CN(c1cncc3sc(C(N)=O)c(N)c13)CC2. The molecule has 2 aliphatic heterocycles. The number of aromatic nitrogens is 1. The van der Waals surface area contributed by atoms with Crippen molar-refractivity contribution in [2.45, 2.75) is 20.3 Å². The Morgan fingerprint density at radius 2 is 2.16 bits per heavy atom. The van der Waals surface area contributed by atoms with Crippen LogP contribution in [0.25, 0.3) is 10.1 Å². The molecule has 2 aromatic heterocycles. The Hall–Kier alpha value is -2.41. The van der Waals surface area contributed by atoms with Gasteiger partial charge in [-0.3, -0.25) is 14.8 Å². The van der Waals surface area contributed by atoms with Crippen LogP contribution < -0.4 is 16.4 Å². The minimum Gasteiger partial charge on any atom is -0.397 e. The number of pyridine rings is 1. The van der Waals surface area contributed by atoms with E-state index in [1.165, 1.54) is 28.2 Å². The Balaban J connectivity index is 1.76. The average Bonchev–Trinajstić information content (AvgIpc) is 3.15. The highest BCUT2D eigenvalue weighted by atomic mass is 32.1. The number of nitrogen functional groups attached to an aromatic ring is 1. The summed E-state index contributed by atoms with van der Waals surface area (Å²) in [6, 6.07) is 0. The zero-order chi connectivity index (χ0) is 17.7. The number of carbonyl (C=O) groups excluding carboxylic acids is 1. The first-order chi connectivity index (χ1) is 12.0. The summed E-state index contributed by atoms with van der Waals surface area (Å²) in [5.41, 5.74) is 17.2. The van der Waals surface area contributed by atoms with Crippen LogP contribution in [-0.4, -0.2) is 36.2 Å². The van der Waals surface area contributed by atoms with Gasteiger partial charge in [-0.2, -0.15) is 0 Å². The fourth-order valence-electron chi connectivity index (χ4n) is 3.73. The summed E-state index contributed by atoms with van der Waals surface area (Å²) in [5, 5.41) is 0.888. The third-order valence-electron chi connectivity index (χ3n) is 4.94. The molecule has 0 saturated carbocycles. The van der Waals surface area contributed by atoms with Gasteiger partial charge in [-0.05, 0) is 23.5 Å². The van der Waals surface area contributed by atoms with E-state index >= 15 is 0 Å². The number of anilines is 2. The third-order valence-corrected chi connectivity index (χ3v) is 6.09. The molecule has 4 rings (SSSR count). The third kappa shape index (κ3) is 2.50. The summed E-state index contributed by atoms with van der Waals surface area (Å²) < 4.78 is 0.896. The van der Waals surface area contributed by atoms with E-state index in [1.54, 1.807) is 6.20 Å². The van der Waals surface area contributed by atoms with E-state index < -0.39 is 5.91 Å². The molecule has 2 aliphatic rings. The largest absolute Gasteiger partial charge is 0.397 e. The predicted molar refractivity (Wildman–Crippen MR) is 104 cm³/mol. The summed E-state index contributed by atoms with van der Waals surface area (Å²) in [5.74, 6) is -0.0626. The van der Waals surface area contributed by atoms with E-state index in [0.29, 0.717) is 16.5 Å². The van der Waals surface area contributed by atoms with Gasteiger partial charge in [-0.1, -0.05) is 13.8 Å². The molecule has 0 unspecified atom stereocenters. The molecule has 0 aliphatic carbocycles. The van der Waals surface area contributed by atoms with E-state index in [-0.39, 0.29) is 0 Å². The molecule has 25 heavy (non-hydrogen) atoms. The summed E-state index contributed by atoms with van der Waals surface area (Å²) in [4.78, 5) is 23.4. The zero-order valence-electron chi connectivity index (χ0n) is 14.4. The molecule has 0 atom stereocenters. The highest BCUT2D eigenvalue weighted by molar-refractivity contribution is 7.21. The molecule has 4 heterocycles. The molecule has 4 N–H and O–H groups in total. The van der Waals surface area contributed by atoms with Crippen LogP contribution in [-0.2, 0) is 0 Å². The molecular weight excluding hydrogens is 334 g/mol. The summed E-state index contributed by atoms with van der Waals surface area (Å²) in [7, 11) is 0. The number of thiophene rings is 1. The molecular formula is C18H21N5OS. The van der Waals surface area contributed by atoms with Crippen molar-refractivity contribution < 1.29 is 4.79 Å². The quantitative estimate of drug-likeness (QED) is 0.884. The smallest absolute Gasteiger partial charge is 0.260 e. The molecule has 0 fully saturated rings. The van der Waals surface area contributed by atoms with Crippen LogP contribution >= 0.6 is 11.3 Å². The minimum absolute atomic E-state index is 0.409. The number of hydrogen-bond acceptors (Lipinski definition) is 6. The van der Waals surface area contributed by atoms with Crippen LogP contribution in [0.15, 0.2) is 28.5 Å². The molecule has 0 saturated heterocycles. The van der Waals surface area contributed by atoms with Gasteiger partial charge in [0.1, 0.15) is 4.88 Å². The number of primary amides is 1. The first-order valence-electron chi connectivity index (χ1n) is 8.43. The fraction of sp³-hybridized carbons (Fsp3) is 0.389. The molecule has 130 valence electrons. The standard InChI is InChI=1S/C18H21N5OS/c1-9(2)16-11-8-23(4-3-10(11)5-22-16)12-6-21-7-13-14(12)15(19)17(25-13)18(20)24/h6-7,9H,3-5,8,19H2,1-2H3,(H2,20,24). The maximum absolute atomic E-state index is 11.6. The maximum Gasteiger partial charge on any atom is 0.260 e. The average molecular weight is 355 g/mol. The summed E-state index contributed by atoms with van der Waals surface area (Å²) in [6.07, 6.45) is 4.58. The van der Waals surface area contributed by atoms with Gasteiger partial charge >= 0.3 is 0 Å². The molecule has 1 amide bonds. The maximum atomic E-state index is 11.6. The van der Waals surface area contributed by atoms with Gasteiger partial charge in [0.15, 0.2) is 0 Å². The van der Waals surface area contributed by atoms with Crippen LogP contribution in [0, 0.1) is 5.92 Å². The van der Waals surface area contributed by atoms with Gasteiger partial charge < -0.3 is 16.4 Å². The van der Waals surface area contributed by atoms with Crippen molar-refractivity contribution in [3.05, 3.63) is 28.4 Å². The lowest BCUT2D eigenvalue weighted by atomic mass is 9.93. The summed E-state index contributed by atoms with van der Waals surface area (Å²) >= 11 is 1.31. The van der Waals surface area contributed by atoms with E-state index in [1.807, 2.05) is 6.20 Å². The number of fused-ring (bicyclic) bond motifs is 1. The van der Waals surface area contributed by atoms with Crippen molar-refractivity contribution in [1.82, 2.24) is 4.98 Å². The predicted octanol–water partition coefficient (Wildman–Crippen LogP) is 2.59. The van der Waals surface area contributed by atoms with Gasteiger partial charge in [-0.25, -0.2) is 0 Å². The molecule has 2 aromatic rings. The topological polar surface area (TPSA) is 97.6 Å². The fourth-order valence-corrected chi connectivity index (χ4v) is 4.69. The van der Waals surface area contributed by atoms with Crippen molar-refractivity contribution in [2.75, 3.05) is 30.3 Å². The summed E-state index contributed by atoms with van der Waals surface area (Å²) in [6.45, 7) is 6.93. The van der Waals surface area contributed by atoms with Crippen LogP contribution in [0.4, 0.5) is 11.4 Å². The van der Waals surface area contributed by atoms with E-state index in [4.69, 9.17) is 16.5 Å². The molecule has 7 heteroatoms. The monoisotopic (exact) mass is 355 g/mol. The van der Waals surface area contributed by atoms with Crippen molar-refractivity contribution >= 4 is 44.4 Å². The molecule has 0 bridgehead atoms. The lowest BCUT2D eigenvalue weighted by Gasteiger charge is -2.31. The highest BCUT2D eigenvalue weighted by Crippen LogP contribution is 2.40. The number of hydrogen-bond donors (Lipinski definition) is 2. The van der Waals surface area contributed by atoms with Crippen molar-refractivity contribution in [2.24, 2.45) is 16.6 Å². The van der Waals surface area contributed by atoms with Crippen molar-refractivity contribution in [3.63, 3.8) is 0 Å². The number of nitrogens with two attached hydrogens (primary N) is 2. The van der Waals surface area contributed by atoms with Gasteiger partial charge in [0.25, 0.3) is 5.91 Å². The number of rotatable bonds is 3. The van der Waals surface area contributed by atoms with E-state index in [2.05, 4.69) is 23.7 Å². The molecule has 0 spiro atoms. The van der Waals surface area contributed by atoms with Crippen LogP contribution in [0.1, 0.15) is 29.9 Å². The number of amides is 1. The Bertz CT molecular complexity index is 940. The van der Waals surface area contributed by atoms with Gasteiger partial charge in [0.05, 0.1) is 28.8 Å². The second-order valence-corrected chi connectivity index (χ2v) is 7.90. The second kappa shape index (κ2) is 5.84. The Morgan fingerprint density at radius 3 is 2.88 bits per heavy atom. The van der Waals surface area contributed by atoms with Crippen LogP contribution in [0.5, 0.6) is 0 Å².